The number of carbonyl (C=O) groups is 4. The zero-order valence-corrected chi connectivity index (χ0v) is 17.1. The molecule has 0 bridgehead atoms. The number of thiocarbonyl (C=S) groups is 1. The van der Waals surface area contributed by atoms with Crippen LogP contribution in [0, 0.1) is 0 Å². The number of carbonyl (C=O) groups excluding carboxylic acids is 1. The lowest BCUT2D eigenvalue weighted by atomic mass is 10.1. The molecular weight excluding hydrogens is 446 g/mol. The number of aromatic carboxylic acids is 2. The summed E-state index contributed by atoms with van der Waals surface area (Å²) in [5.74, 6) is -3.96. The maximum Gasteiger partial charge on any atom is 0.341 e. The first-order valence-corrected chi connectivity index (χ1v) is 9.72. The zero-order chi connectivity index (χ0) is 22.7. The molecule has 2 aromatic rings. The van der Waals surface area contributed by atoms with E-state index in [1.807, 2.05) is 0 Å². The summed E-state index contributed by atoms with van der Waals surface area (Å²) in [7, 11) is 0. The second kappa shape index (κ2) is 8.98. The van der Waals surface area contributed by atoms with Gasteiger partial charge in [0.2, 0.25) is 0 Å². The summed E-state index contributed by atoms with van der Waals surface area (Å²) < 4.78 is 5.17. The quantitative estimate of drug-likeness (QED) is 0.418. The molecule has 0 atom stereocenters. The van der Waals surface area contributed by atoms with Crippen molar-refractivity contribution in [3.63, 3.8) is 0 Å². The molecule has 1 saturated heterocycles. The Labute approximate surface area is 184 Å². The number of carboxylic acid groups (broad SMARTS) is 3. The maximum atomic E-state index is 12.9. The van der Waals surface area contributed by atoms with Crippen LogP contribution in [0.4, 0.5) is 5.69 Å². The van der Waals surface area contributed by atoms with Gasteiger partial charge in [0.25, 0.3) is 5.91 Å². The fourth-order valence-corrected chi connectivity index (χ4v) is 3.93. The Balaban J connectivity index is 1.88. The number of thioether (sulfide) groups is 1. The first-order valence-electron chi connectivity index (χ1n) is 8.50. The molecule has 1 fully saturated rings. The minimum Gasteiger partial charge on any atom is -0.482 e. The second-order valence-corrected chi connectivity index (χ2v) is 7.82. The van der Waals surface area contributed by atoms with Crippen LogP contribution >= 0.6 is 24.0 Å². The Hall–Kier alpha value is -3.70. The van der Waals surface area contributed by atoms with Crippen molar-refractivity contribution < 1.29 is 39.2 Å². The maximum absolute atomic E-state index is 12.9. The van der Waals surface area contributed by atoms with E-state index < -0.39 is 30.4 Å². The molecule has 9 nitrogen and oxygen atoms in total. The lowest BCUT2D eigenvalue weighted by molar-refractivity contribution is -0.139. The van der Waals surface area contributed by atoms with Crippen molar-refractivity contribution in [3.8, 4) is 5.75 Å². The molecule has 0 radical (unpaired) electrons. The van der Waals surface area contributed by atoms with Crippen LogP contribution in [0.15, 0.2) is 47.4 Å². The van der Waals surface area contributed by atoms with Gasteiger partial charge in [0.15, 0.2) is 10.9 Å². The summed E-state index contributed by atoms with van der Waals surface area (Å²) in [6.07, 6.45) is 1.55. The molecule has 158 valence electrons. The van der Waals surface area contributed by atoms with Crippen molar-refractivity contribution in [3.05, 3.63) is 64.1 Å². The fourth-order valence-electron chi connectivity index (χ4n) is 2.63. The summed E-state index contributed by atoms with van der Waals surface area (Å²) in [5.41, 5.74) is 0.0871. The molecule has 1 aliphatic rings. The van der Waals surface area contributed by atoms with Gasteiger partial charge in [-0.05, 0) is 42.0 Å². The lowest BCUT2D eigenvalue weighted by Gasteiger charge is -2.16. The standard InChI is InChI=1S/C20H13NO8S2/c22-16(23)9-29-14-3-1-10(2-4-14)5-15-17(24)21(20(30)31-15)13-7-11(18(25)26)6-12(8-13)19(27)28/h1-8H,9H2,(H,22,23)(H,25,26)(H,27,28)/b15-5-. The van der Waals surface area contributed by atoms with Gasteiger partial charge in [-0.3, -0.25) is 9.69 Å². The van der Waals surface area contributed by atoms with E-state index in [4.69, 9.17) is 22.1 Å². The third-order valence-electron chi connectivity index (χ3n) is 4.00. The summed E-state index contributed by atoms with van der Waals surface area (Å²) >= 11 is 6.23. The number of nitrogens with zero attached hydrogens (tertiary/aromatic N) is 1. The van der Waals surface area contributed by atoms with Gasteiger partial charge in [-0.25, -0.2) is 14.4 Å². The lowest BCUT2D eigenvalue weighted by Crippen LogP contribution is -2.28. The van der Waals surface area contributed by atoms with Crippen LogP contribution in [-0.2, 0) is 9.59 Å². The molecule has 0 aromatic heterocycles. The Kier molecular flexibility index (Phi) is 6.37. The normalized spacial score (nSPS) is 14.7. The highest BCUT2D eigenvalue weighted by Crippen LogP contribution is 2.37. The van der Waals surface area contributed by atoms with E-state index in [2.05, 4.69) is 0 Å². The molecule has 2 aromatic carbocycles. The number of carboxylic acids is 3. The molecule has 3 N–H and O–H groups in total. The van der Waals surface area contributed by atoms with Crippen LogP contribution in [0.2, 0.25) is 0 Å². The van der Waals surface area contributed by atoms with Crippen LogP contribution in [0.25, 0.3) is 6.08 Å². The number of benzene rings is 2. The van der Waals surface area contributed by atoms with E-state index in [0.29, 0.717) is 11.3 Å². The van der Waals surface area contributed by atoms with Gasteiger partial charge in [-0.2, -0.15) is 0 Å². The minimum atomic E-state index is -1.34. The van der Waals surface area contributed by atoms with Crippen LogP contribution < -0.4 is 9.64 Å². The Morgan fingerprint density at radius 2 is 1.58 bits per heavy atom. The van der Waals surface area contributed by atoms with Crippen molar-refractivity contribution >= 4 is 63.9 Å². The third-order valence-corrected chi connectivity index (χ3v) is 5.31. The Morgan fingerprint density at radius 1 is 1.00 bits per heavy atom. The predicted octanol–water partition coefficient (Wildman–Crippen LogP) is 2.95. The number of hydrogen-bond donors (Lipinski definition) is 3. The van der Waals surface area contributed by atoms with Crippen LogP contribution in [0.3, 0.4) is 0 Å². The summed E-state index contributed by atoms with van der Waals surface area (Å²) in [5, 5.41) is 27.1. The molecule has 0 spiro atoms. The monoisotopic (exact) mass is 459 g/mol. The summed E-state index contributed by atoms with van der Waals surface area (Å²) in [6, 6.07) is 9.69. The Bertz CT molecular complexity index is 1110. The van der Waals surface area contributed by atoms with Crippen LogP contribution in [0.1, 0.15) is 26.3 Å². The SMILES string of the molecule is O=C(O)COc1ccc(/C=C2\SC(=S)N(c3cc(C(=O)O)cc(C(=O)O)c3)C2=O)cc1. The van der Waals surface area contributed by atoms with Gasteiger partial charge < -0.3 is 20.1 Å². The summed E-state index contributed by atoms with van der Waals surface area (Å²) in [4.78, 5) is 47.4. The molecule has 0 saturated carbocycles. The third kappa shape index (κ3) is 5.08. The fraction of sp³-hybridized carbons (Fsp3) is 0.0500. The first-order chi connectivity index (χ1) is 14.7. The van der Waals surface area contributed by atoms with E-state index in [9.17, 15) is 29.4 Å². The molecule has 1 heterocycles. The first kappa shape index (κ1) is 22.0. The highest BCUT2D eigenvalue weighted by molar-refractivity contribution is 8.27. The zero-order valence-electron chi connectivity index (χ0n) is 15.5. The predicted molar refractivity (Wildman–Crippen MR) is 116 cm³/mol. The van der Waals surface area contributed by atoms with Gasteiger partial charge in [0, 0.05) is 0 Å². The largest absolute Gasteiger partial charge is 0.482 e. The average Bonchev–Trinajstić information content (AvgIpc) is 2.99. The van der Waals surface area contributed by atoms with Crippen LogP contribution in [0.5, 0.6) is 5.75 Å². The van der Waals surface area contributed by atoms with E-state index in [1.54, 1.807) is 30.3 Å². The van der Waals surface area contributed by atoms with Crippen molar-refractivity contribution in [2.24, 2.45) is 0 Å². The van der Waals surface area contributed by atoms with Gasteiger partial charge in [0.1, 0.15) is 5.75 Å². The molecule has 0 aliphatic carbocycles. The molecule has 1 aliphatic heterocycles. The highest BCUT2D eigenvalue weighted by Gasteiger charge is 2.34. The van der Waals surface area contributed by atoms with Gasteiger partial charge in [0.05, 0.1) is 21.7 Å². The van der Waals surface area contributed by atoms with Gasteiger partial charge >= 0.3 is 17.9 Å². The van der Waals surface area contributed by atoms with Crippen molar-refractivity contribution in [2.45, 2.75) is 0 Å². The molecule has 1 amide bonds. The number of aliphatic carboxylic acids is 1. The number of rotatable bonds is 7. The van der Waals surface area contributed by atoms with Gasteiger partial charge in [-0.1, -0.05) is 36.1 Å². The van der Waals surface area contributed by atoms with Crippen molar-refractivity contribution in [1.29, 1.82) is 0 Å². The second-order valence-electron chi connectivity index (χ2n) is 6.15. The van der Waals surface area contributed by atoms with Gasteiger partial charge in [-0.15, -0.1) is 0 Å². The van der Waals surface area contributed by atoms with E-state index >= 15 is 0 Å². The minimum absolute atomic E-state index is 0.0422. The van der Waals surface area contributed by atoms with Crippen molar-refractivity contribution in [2.75, 3.05) is 11.5 Å². The highest BCUT2D eigenvalue weighted by atomic mass is 32.2. The summed E-state index contributed by atoms with van der Waals surface area (Å²) in [6.45, 7) is -0.480. The van der Waals surface area contributed by atoms with E-state index in [1.165, 1.54) is 12.1 Å². The smallest absolute Gasteiger partial charge is 0.341 e. The Morgan fingerprint density at radius 3 is 2.10 bits per heavy atom. The van der Waals surface area contributed by atoms with Crippen LogP contribution in [-0.4, -0.2) is 50.1 Å². The molecular formula is C20H13NO8S2. The van der Waals surface area contributed by atoms with E-state index in [-0.39, 0.29) is 26.0 Å². The molecule has 0 unspecified atom stereocenters. The van der Waals surface area contributed by atoms with Crippen molar-refractivity contribution in [1.82, 2.24) is 0 Å². The number of hydrogen-bond acceptors (Lipinski definition) is 7. The average molecular weight is 459 g/mol. The number of amides is 1. The molecule has 3 rings (SSSR count). The number of anilines is 1. The molecule has 31 heavy (non-hydrogen) atoms. The number of ether oxygens (including phenoxy) is 1. The topological polar surface area (TPSA) is 141 Å². The van der Waals surface area contributed by atoms with E-state index in [0.717, 1.165) is 22.7 Å². The molecule has 11 heteroatoms.